The van der Waals surface area contributed by atoms with Gasteiger partial charge in [-0.1, -0.05) is 91.5 Å². The lowest BCUT2D eigenvalue weighted by Crippen LogP contribution is -1.99. The van der Waals surface area contributed by atoms with Crippen LogP contribution in [0.3, 0.4) is 0 Å². The average molecular weight is 489 g/mol. The van der Waals surface area contributed by atoms with E-state index in [9.17, 15) is 0 Å². The van der Waals surface area contributed by atoms with Crippen LogP contribution in [-0.2, 0) is 0 Å². The molecule has 7 rings (SSSR count). The molecule has 38 heavy (non-hydrogen) atoms. The minimum absolute atomic E-state index is 0.863. The molecule has 0 unspecified atom stereocenters. The predicted molar refractivity (Wildman–Crippen MR) is 159 cm³/mol. The van der Waals surface area contributed by atoms with Crippen LogP contribution in [-0.4, -0.2) is 9.55 Å². The molecule has 0 amide bonds. The van der Waals surface area contributed by atoms with E-state index in [1.807, 2.05) is 54.7 Å². The monoisotopic (exact) mass is 488 g/mol. The molecule has 0 spiro atoms. The van der Waals surface area contributed by atoms with E-state index in [0.717, 1.165) is 66.6 Å². The van der Waals surface area contributed by atoms with E-state index in [1.165, 1.54) is 0 Å². The van der Waals surface area contributed by atoms with E-state index in [4.69, 9.17) is 9.40 Å². The van der Waals surface area contributed by atoms with Crippen molar-refractivity contribution in [2.45, 2.75) is 0 Å². The molecule has 0 fully saturated rings. The van der Waals surface area contributed by atoms with Crippen LogP contribution in [0.4, 0.5) is 0 Å². The molecule has 0 atom stereocenters. The number of pyridine rings is 1. The van der Waals surface area contributed by atoms with Crippen molar-refractivity contribution in [1.82, 2.24) is 9.55 Å². The van der Waals surface area contributed by atoms with Crippen LogP contribution in [0.15, 0.2) is 126 Å². The van der Waals surface area contributed by atoms with Crippen molar-refractivity contribution >= 4 is 51.1 Å². The number of para-hydroxylation sites is 2. The Kier molecular flexibility index (Phi) is 5.26. The Morgan fingerprint density at radius 2 is 1.42 bits per heavy atom. The molecule has 3 heteroatoms. The summed E-state index contributed by atoms with van der Waals surface area (Å²) in [6.45, 7) is 4.17. The number of hydrogen-bond acceptors (Lipinski definition) is 2. The van der Waals surface area contributed by atoms with Gasteiger partial charge < -0.3 is 4.42 Å². The Morgan fingerprint density at radius 3 is 2.24 bits per heavy atom. The van der Waals surface area contributed by atoms with Gasteiger partial charge in [-0.2, -0.15) is 0 Å². The molecule has 0 aliphatic heterocycles. The highest BCUT2D eigenvalue weighted by Crippen LogP contribution is 2.33. The Labute approximate surface area is 220 Å². The fourth-order valence-corrected chi connectivity index (χ4v) is 5.25. The molecule has 0 saturated heterocycles. The lowest BCUT2D eigenvalue weighted by molar-refractivity contribution is 0.669. The van der Waals surface area contributed by atoms with Crippen LogP contribution >= 0.6 is 0 Å². The fourth-order valence-electron chi connectivity index (χ4n) is 5.25. The van der Waals surface area contributed by atoms with E-state index >= 15 is 0 Å². The lowest BCUT2D eigenvalue weighted by Gasteiger charge is -2.09. The van der Waals surface area contributed by atoms with Gasteiger partial charge in [-0.15, -0.1) is 0 Å². The molecule has 3 nitrogen and oxygen atoms in total. The Bertz CT molecular complexity index is 1970. The average Bonchev–Trinajstić information content (AvgIpc) is 3.51. The third-order valence-electron chi connectivity index (χ3n) is 7.07. The Hall–Kier alpha value is -5.15. The number of aromatic nitrogens is 2. The smallest absolute Gasteiger partial charge is 0.137 e. The number of hydrogen-bond donors (Lipinski definition) is 0. The van der Waals surface area contributed by atoms with E-state index in [0.29, 0.717) is 0 Å². The number of fused-ring (bicyclic) bond motifs is 4. The van der Waals surface area contributed by atoms with Gasteiger partial charge >= 0.3 is 0 Å². The maximum Gasteiger partial charge on any atom is 0.137 e. The predicted octanol–water partition coefficient (Wildman–Crippen LogP) is 9.41. The Balaban J connectivity index is 1.33. The zero-order valence-electron chi connectivity index (χ0n) is 20.7. The van der Waals surface area contributed by atoms with Gasteiger partial charge in [-0.05, 0) is 53.6 Å². The van der Waals surface area contributed by atoms with Gasteiger partial charge in [0.1, 0.15) is 17.0 Å². The first-order chi connectivity index (χ1) is 18.8. The molecule has 0 N–H and O–H groups in total. The van der Waals surface area contributed by atoms with Crippen molar-refractivity contribution in [2.24, 2.45) is 0 Å². The van der Waals surface area contributed by atoms with Crippen LogP contribution in [0.1, 0.15) is 16.8 Å². The first kappa shape index (κ1) is 22.1. The summed E-state index contributed by atoms with van der Waals surface area (Å²) in [5, 5.41) is 3.41. The molecule has 0 bridgehead atoms. The standard InChI is InChI=1S/C35H24N2O/c1-2-31-28(19-16-24-17-20-34-30(22-24)29-13-7-9-15-33(29)38-34)27-12-6-8-14-32(27)37(31)35-21-18-26(23-36-35)25-10-4-3-5-11-25/h2-23H,1H2. The molecule has 180 valence electrons. The van der Waals surface area contributed by atoms with Crippen molar-refractivity contribution in [3.63, 3.8) is 0 Å². The molecule has 4 aromatic carbocycles. The van der Waals surface area contributed by atoms with Gasteiger partial charge in [0.15, 0.2) is 0 Å². The summed E-state index contributed by atoms with van der Waals surface area (Å²) >= 11 is 0. The van der Waals surface area contributed by atoms with Gasteiger partial charge in [0.05, 0.1) is 11.2 Å². The zero-order valence-corrected chi connectivity index (χ0v) is 20.7. The molecule has 0 aliphatic carbocycles. The summed E-state index contributed by atoms with van der Waals surface area (Å²) in [5.74, 6) is 0.863. The van der Waals surface area contributed by atoms with Crippen LogP contribution in [0.2, 0.25) is 0 Å². The number of furan rings is 1. The third kappa shape index (κ3) is 3.64. The summed E-state index contributed by atoms with van der Waals surface area (Å²) in [4.78, 5) is 4.85. The zero-order chi connectivity index (χ0) is 25.5. The van der Waals surface area contributed by atoms with Crippen molar-refractivity contribution in [1.29, 1.82) is 0 Å². The van der Waals surface area contributed by atoms with E-state index in [1.54, 1.807) is 0 Å². The number of rotatable bonds is 5. The third-order valence-corrected chi connectivity index (χ3v) is 7.07. The normalized spacial score (nSPS) is 11.7. The molecule has 7 aromatic rings. The highest BCUT2D eigenvalue weighted by atomic mass is 16.3. The van der Waals surface area contributed by atoms with Crippen molar-refractivity contribution in [2.75, 3.05) is 0 Å². The molecular formula is C35H24N2O. The van der Waals surface area contributed by atoms with E-state index in [-0.39, 0.29) is 0 Å². The Morgan fingerprint density at radius 1 is 0.658 bits per heavy atom. The molecule has 3 heterocycles. The van der Waals surface area contributed by atoms with Crippen molar-refractivity contribution in [3.05, 3.63) is 139 Å². The topological polar surface area (TPSA) is 31.0 Å². The molecule has 0 saturated carbocycles. The summed E-state index contributed by atoms with van der Waals surface area (Å²) in [6, 6.07) is 37.4. The van der Waals surface area contributed by atoms with Gasteiger partial charge in [0.25, 0.3) is 0 Å². The van der Waals surface area contributed by atoms with Gasteiger partial charge in [-0.3, -0.25) is 4.57 Å². The quantitative estimate of drug-likeness (QED) is 0.242. The minimum Gasteiger partial charge on any atom is -0.456 e. The van der Waals surface area contributed by atoms with Crippen LogP contribution in [0.25, 0.3) is 68.0 Å². The lowest BCUT2D eigenvalue weighted by atomic mass is 10.1. The molecule has 0 aliphatic rings. The van der Waals surface area contributed by atoms with Crippen LogP contribution < -0.4 is 0 Å². The van der Waals surface area contributed by atoms with E-state index in [2.05, 4.69) is 90.0 Å². The molecule has 0 radical (unpaired) electrons. The maximum absolute atomic E-state index is 6.01. The second-order valence-electron chi connectivity index (χ2n) is 9.31. The summed E-state index contributed by atoms with van der Waals surface area (Å²) < 4.78 is 8.19. The number of benzene rings is 4. The summed E-state index contributed by atoms with van der Waals surface area (Å²) in [6.07, 6.45) is 8.19. The minimum atomic E-state index is 0.863. The van der Waals surface area contributed by atoms with Crippen LogP contribution in [0, 0.1) is 0 Å². The van der Waals surface area contributed by atoms with Crippen LogP contribution in [0.5, 0.6) is 0 Å². The highest BCUT2D eigenvalue weighted by molar-refractivity contribution is 6.06. The first-order valence-electron chi connectivity index (χ1n) is 12.7. The number of nitrogens with zero attached hydrogens (tertiary/aromatic N) is 2. The highest BCUT2D eigenvalue weighted by Gasteiger charge is 2.15. The first-order valence-corrected chi connectivity index (χ1v) is 12.7. The largest absolute Gasteiger partial charge is 0.456 e. The SMILES string of the molecule is C=Cc1c(C=Cc2ccc3oc4ccccc4c3c2)c2ccccc2n1-c1ccc(-c2ccccc2)cn1. The summed E-state index contributed by atoms with van der Waals surface area (Å²) in [7, 11) is 0. The second kappa shape index (κ2) is 9.06. The summed E-state index contributed by atoms with van der Waals surface area (Å²) in [5.41, 5.74) is 8.38. The maximum atomic E-state index is 6.01. The van der Waals surface area contributed by atoms with Gasteiger partial charge in [0.2, 0.25) is 0 Å². The fraction of sp³-hybridized carbons (Fsp3) is 0. The second-order valence-corrected chi connectivity index (χ2v) is 9.31. The van der Waals surface area contributed by atoms with Crippen molar-refractivity contribution < 1.29 is 4.42 Å². The molecular weight excluding hydrogens is 464 g/mol. The van der Waals surface area contributed by atoms with Gasteiger partial charge in [-0.25, -0.2) is 4.98 Å². The molecule has 3 aromatic heterocycles. The van der Waals surface area contributed by atoms with E-state index < -0.39 is 0 Å². The van der Waals surface area contributed by atoms with Crippen molar-refractivity contribution in [3.8, 4) is 16.9 Å². The van der Waals surface area contributed by atoms with Gasteiger partial charge in [0, 0.05) is 33.5 Å².